The van der Waals surface area contributed by atoms with Gasteiger partial charge in [0.25, 0.3) is 0 Å². The minimum atomic E-state index is -0.128. The van der Waals surface area contributed by atoms with E-state index < -0.39 is 0 Å². The number of amides is 2. The van der Waals surface area contributed by atoms with E-state index in [1.54, 1.807) is 0 Å². The van der Waals surface area contributed by atoms with Crippen LogP contribution in [0.15, 0.2) is 36.4 Å². The van der Waals surface area contributed by atoms with Crippen molar-refractivity contribution < 1.29 is 14.6 Å². The number of carbonyl (C=O) groups is 1. The number of benzene rings is 1. The van der Waals surface area contributed by atoms with Crippen molar-refractivity contribution in [2.24, 2.45) is 5.92 Å². The van der Waals surface area contributed by atoms with Crippen molar-refractivity contribution >= 4 is 6.03 Å². The van der Waals surface area contributed by atoms with E-state index in [1.165, 1.54) is 5.56 Å². The Bertz CT molecular complexity index is 570. The molecular formula is C18H24N2O3. The predicted molar refractivity (Wildman–Crippen MR) is 88.5 cm³/mol. The fourth-order valence-corrected chi connectivity index (χ4v) is 3.10. The van der Waals surface area contributed by atoms with Crippen LogP contribution in [-0.4, -0.2) is 36.4 Å². The molecule has 23 heavy (non-hydrogen) atoms. The van der Waals surface area contributed by atoms with Gasteiger partial charge in [-0.2, -0.15) is 0 Å². The van der Waals surface area contributed by atoms with E-state index in [0.717, 1.165) is 18.6 Å². The quantitative estimate of drug-likeness (QED) is 0.705. The van der Waals surface area contributed by atoms with Crippen LogP contribution in [0.1, 0.15) is 31.2 Å². The van der Waals surface area contributed by atoms with Crippen molar-refractivity contribution in [2.45, 2.75) is 37.8 Å². The maximum Gasteiger partial charge on any atom is 0.315 e. The molecule has 0 unspecified atom stereocenters. The van der Waals surface area contributed by atoms with Crippen molar-refractivity contribution in [2.75, 3.05) is 13.2 Å². The third-order valence-electron chi connectivity index (χ3n) is 4.45. The molecule has 2 aliphatic carbocycles. The molecule has 124 valence electrons. The van der Waals surface area contributed by atoms with Gasteiger partial charge in [0.05, 0.1) is 6.61 Å². The molecule has 2 amide bonds. The highest BCUT2D eigenvalue weighted by molar-refractivity contribution is 5.75. The van der Waals surface area contributed by atoms with Crippen LogP contribution in [0, 0.1) is 5.92 Å². The Balaban J connectivity index is 1.44. The van der Waals surface area contributed by atoms with Crippen molar-refractivity contribution in [3.8, 4) is 5.75 Å². The lowest BCUT2D eigenvalue weighted by molar-refractivity contribution is 0.231. The number of carbonyl (C=O) groups excluding carboxylic acids is 1. The summed E-state index contributed by atoms with van der Waals surface area (Å²) in [4.78, 5) is 12.0. The van der Waals surface area contributed by atoms with Gasteiger partial charge in [-0.1, -0.05) is 24.3 Å². The summed E-state index contributed by atoms with van der Waals surface area (Å²) in [5, 5.41) is 15.1. The summed E-state index contributed by atoms with van der Waals surface area (Å²) in [6.45, 7) is 2.77. The fourth-order valence-electron chi connectivity index (χ4n) is 3.10. The van der Waals surface area contributed by atoms with E-state index in [4.69, 9.17) is 9.84 Å². The summed E-state index contributed by atoms with van der Waals surface area (Å²) in [5.41, 5.74) is 1.24. The summed E-state index contributed by atoms with van der Waals surface area (Å²) >= 11 is 0. The van der Waals surface area contributed by atoms with Gasteiger partial charge in [0.1, 0.15) is 5.75 Å². The molecule has 1 aromatic carbocycles. The van der Waals surface area contributed by atoms with Gasteiger partial charge in [-0.3, -0.25) is 0 Å². The Morgan fingerprint density at radius 2 is 2.00 bits per heavy atom. The number of hydrogen-bond acceptors (Lipinski definition) is 3. The number of nitrogens with one attached hydrogen (secondary N) is 2. The monoisotopic (exact) mass is 316 g/mol. The van der Waals surface area contributed by atoms with Crippen molar-refractivity contribution in [1.82, 2.24) is 10.6 Å². The Hall–Kier alpha value is -2.01. The lowest BCUT2D eigenvalue weighted by Crippen LogP contribution is -2.42. The highest BCUT2D eigenvalue weighted by atomic mass is 16.5. The first-order valence-electron chi connectivity index (χ1n) is 8.28. The third-order valence-corrected chi connectivity index (χ3v) is 4.45. The van der Waals surface area contributed by atoms with Crippen LogP contribution in [0.3, 0.4) is 0 Å². The summed E-state index contributed by atoms with van der Waals surface area (Å²) in [6.07, 6.45) is 5.67. The van der Waals surface area contributed by atoms with Gasteiger partial charge in [-0.25, -0.2) is 4.79 Å². The SMILES string of the molecule is CCOc1ccc([C@@H]2C[C@H]2NC(=O)N[C@@H]2C=C[C@H](CO)C2)cc1. The molecule has 1 fully saturated rings. The smallest absolute Gasteiger partial charge is 0.315 e. The van der Waals surface area contributed by atoms with E-state index in [0.29, 0.717) is 12.5 Å². The average Bonchev–Trinajstić information content (AvgIpc) is 3.15. The van der Waals surface area contributed by atoms with Crippen LogP contribution >= 0.6 is 0 Å². The first-order chi connectivity index (χ1) is 11.2. The Morgan fingerprint density at radius 3 is 2.65 bits per heavy atom. The highest BCUT2D eigenvalue weighted by Crippen LogP contribution is 2.41. The minimum Gasteiger partial charge on any atom is -0.494 e. The molecule has 0 aromatic heterocycles. The number of aliphatic hydroxyl groups excluding tert-OH is 1. The minimum absolute atomic E-state index is 0.0230. The molecule has 5 nitrogen and oxygen atoms in total. The summed E-state index contributed by atoms with van der Waals surface area (Å²) in [7, 11) is 0. The standard InChI is InChI=1S/C18H24N2O3/c1-2-23-15-7-4-13(5-8-15)16-10-17(16)20-18(22)19-14-6-3-12(9-14)11-21/h3-8,12,14,16-17,21H,2,9-11H2,1H3,(H2,19,20,22)/t12-,14+,16-,17+/m0/s1. The molecule has 1 saturated carbocycles. The van der Waals surface area contributed by atoms with Crippen LogP contribution in [0.25, 0.3) is 0 Å². The van der Waals surface area contributed by atoms with Crippen LogP contribution < -0.4 is 15.4 Å². The molecule has 0 bridgehead atoms. The maximum atomic E-state index is 12.0. The van der Waals surface area contributed by atoms with E-state index in [1.807, 2.05) is 31.2 Å². The number of aliphatic hydroxyl groups is 1. The lowest BCUT2D eigenvalue weighted by atomic mass is 10.1. The summed E-state index contributed by atoms with van der Waals surface area (Å²) < 4.78 is 5.44. The van der Waals surface area contributed by atoms with Crippen molar-refractivity contribution in [3.63, 3.8) is 0 Å². The van der Waals surface area contributed by atoms with Gasteiger partial charge < -0.3 is 20.5 Å². The fraction of sp³-hybridized carbons (Fsp3) is 0.500. The maximum absolute atomic E-state index is 12.0. The number of hydrogen-bond donors (Lipinski definition) is 3. The number of ether oxygens (including phenoxy) is 1. The molecule has 3 rings (SSSR count). The number of rotatable bonds is 6. The van der Waals surface area contributed by atoms with Crippen LogP contribution in [0.2, 0.25) is 0 Å². The normalized spacial score (nSPS) is 28.4. The molecule has 1 aromatic rings. The first kappa shape index (κ1) is 15.9. The molecule has 0 aliphatic heterocycles. The second kappa shape index (κ2) is 7.04. The zero-order valence-corrected chi connectivity index (χ0v) is 13.4. The molecule has 2 aliphatic rings. The molecule has 3 N–H and O–H groups in total. The van der Waals surface area contributed by atoms with Crippen LogP contribution in [0.5, 0.6) is 5.75 Å². The van der Waals surface area contributed by atoms with Crippen molar-refractivity contribution in [3.05, 3.63) is 42.0 Å². The molecule has 0 spiro atoms. The summed E-state index contributed by atoms with van der Waals surface area (Å²) in [5.74, 6) is 1.43. The second-order valence-electron chi connectivity index (χ2n) is 6.24. The van der Waals surface area contributed by atoms with Gasteiger partial charge >= 0.3 is 6.03 Å². The Kier molecular flexibility index (Phi) is 4.86. The first-order valence-corrected chi connectivity index (χ1v) is 8.28. The molecule has 0 saturated heterocycles. The van der Waals surface area contributed by atoms with Gasteiger partial charge in [0.2, 0.25) is 0 Å². The zero-order valence-electron chi connectivity index (χ0n) is 13.4. The third kappa shape index (κ3) is 4.05. The Labute approximate surface area is 136 Å². The molecule has 0 heterocycles. The van der Waals surface area contributed by atoms with Gasteiger partial charge in [-0.05, 0) is 37.5 Å². The van der Waals surface area contributed by atoms with Gasteiger partial charge in [-0.15, -0.1) is 0 Å². The lowest BCUT2D eigenvalue weighted by Gasteiger charge is -2.13. The second-order valence-corrected chi connectivity index (χ2v) is 6.24. The number of urea groups is 1. The molecule has 4 atom stereocenters. The van der Waals surface area contributed by atoms with Gasteiger partial charge in [0.15, 0.2) is 0 Å². The predicted octanol–water partition coefficient (Wildman–Crippen LogP) is 2.18. The molecule has 0 radical (unpaired) electrons. The van der Waals surface area contributed by atoms with Gasteiger partial charge in [0, 0.05) is 30.5 Å². The Morgan fingerprint density at radius 1 is 1.22 bits per heavy atom. The van der Waals surface area contributed by atoms with E-state index in [-0.39, 0.29) is 30.6 Å². The zero-order chi connectivity index (χ0) is 16.2. The van der Waals surface area contributed by atoms with Crippen molar-refractivity contribution in [1.29, 1.82) is 0 Å². The molecule has 5 heteroatoms. The van der Waals surface area contributed by atoms with E-state index in [9.17, 15) is 4.79 Å². The largest absolute Gasteiger partial charge is 0.494 e. The van der Waals surface area contributed by atoms with E-state index in [2.05, 4.69) is 22.8 Å². The van der Waals surface area contributed by atoms with Crippen LogP contribution in [0.4, 0.5) is 4.79 Å². The molecular weight excluding hydrogens is 292 g/mol. The van der Waals surface area contributed by atoms with E-state index >= 15 is 0 Å². The highest BCUT2D eigenvalue weighted by Gasteiger charge is 2.39. The average molecular weight is 316 g/mol. The topological polar surface area (TPSA) is 70.6 Å². The summed E-state index contributed by atoms with van der Waals surface area (Å²) in [6, 6.07) is 8.19. The van der Waals surface area contributed by atoms with Crippen LogP contribution in [-0.2, 0) is 0 Å².